The van der Waals surface area contributed by atoms with Crippen molar-refractivity contribution in [1.29, 1.82) is 0 Å². The fourth-order valence-electron chi connectivity index (χ4n) is 3.40. The fraction of sp³-hybridized carbons (Fsp3) is 0.444. The number of carbonyl (C=O) groups is 4. The molecule has 0 spiro atoms. The second kappa shape index (κ2) is 7.04. The van der Waals surface area contributed by atoms with Crippen LogP contribution in [0.3, 0.4) is 0 Å². The van der Waals surface area contributed by atoms with Crippen molar-refractivity contribution in [2.45, 2.75) is 25.7 Å². The second-order valence-corrected chi connectivity index (χ2v) is 6.47. The van der Waals surface area contributed by atoms with Crippen LogP contribution < -0.4 is 5.73 Å². The van der Waals surface area contributed by atoms with Gasteiger partial charge in [0.25, 0.3) is 11.8 Å². The SMILES string of the molecule is NC(=O)C1CCN(C(=O)CCCN2C(=O)c3ccccc3C2=O)CC1. The molecule has 1 saturated heterocycles. The number of hydrogen-bond donors (Lipinski definition) is 1. The molecule has 1 aromatic carbocycles. The van der Waals surface area contributed by atoms with Crippen LogP contribution in [0.15, 0.2) is 24.3 Å². The monoisotopic (exact) mass is 343 g/mol. The zero-order chi connectivity index (χ0) is 18.0. The molecule has 0 saturated carbocycles. The van der Waals surface area contributed by atoms with Crippen LogP contribution in [0.1, 0.15) is 46.4 Å². The largest absolute Gasteiger partial charge is 0.369 e. The van der Waals surface area contributed by atoms with Crippen LogP contribution in [0, 0.1) is 5.92 Å². The third kappa shape index (κ3) is 3.40. The van der Waals surface area contributed by atoms with Gasteiger partial charge in [0.1, 0.15) is 0 Å². The van der Waals surface area contributed by atoms with Gasteiger partial charge in [-0.2, -0.15) is 0 Å². The fourth-order valence-corrected chi connectivity index (χ4v) is 3.40. The van der Waals surface area contributed by atoms with E-state index in [0.29, 0.717) is 43.5 Å². The third-order valence-electron chi connectivity index (χ3n) is 4.90. The Kier molecular flexibility index (Phi) is 4.83. The van der Waals surface area contributed by atoms with E-state index in [9.17, 15) is 19.2 Å². The lowest BCUT2D eigenvalue weighted by atomic mass is 9.96. The van der Waals surface area contributed by atoms with Gasteiger partial charge in [-0.1, -0.05) is 12.1 Å². The number of fused-ring (bicyclic) bond motifs is 1. The summed E-state index contributed by atoms with van der Waals surface area (Å²) in [7, 11) is 0. The van der Waals surface area contributed by atoms with Crippen molar-refractivity contribution in [2.24, 2.45) is 11.7 Å². The van der Waals surface area contributed by atoms with E-state index in [2.05, 4.69) is 0 Å². The van der Waals surface area contributed by atoms with Crippen molar-refractivity contribution in [3.63, 3.8) is 0 Å². The van der Waals surface area contributed by atoms with Crippen LogP contribution >= 0.6 is 0 Å². The molecule has 2 N–H and O–H groups in total. The van der Waals surface area contributed by atoms with Crippen LogP contribution in [0.25, 0.3) is 0 Å². The molecule has 0 bridgehead atoms. The van der Waals surface area contributed by atoms with Crippen molar-refractivity contribution >= 4 is 23.6 Å². The number of carbonyl (C=O) groups excluding carboxylic acids is 4. The van der Waals surface area contributed by atoms with E-state index in [1.807, 2.05) is 0 Å². The van der Waals surface area contributed by atoms with Crippen LogP contribution in [-0.2, 0) is 9.59 Å². The number of imide groups is 1. The summed E-state index contributed by atoms with van der Waals surface area (Å²) in [6.45, 7) is 1.29. The Balaban J connectivity index is 1.48. The number of hydrogen-bond acceptors (Lipinski definition) is 4. The molecule has 4 amide bonds. The number of piperidine rings is 1. The summed E-state index contributed by atoms with van der Waals surface area (Å²) in [5, 5.41) is 0. The minimum atomic E-state index is -0.308. The standard InChI is InChI=1S/C18H21N3O4/c19-16(23)12-7-10-20(11-8-12)15(22)6-3-9-21-17(24)13-4-1-2-5-14(13)18(21)25/h1-2,4-5,12H,3,6-11H2,(H2,19,23). The number of nitrogens with zero attached hydrogens (tertiary/aromatic N) is 2. The van der Waals surface area contributed by atoms with Gasteiger partial charge in [0.15, 0.2) is 0 Å². The van der Waals surface area contributed by atoms with E-state index in [0.717, 1.165) is 0 Å². The lowest BCUT2D eigenvalue weighted by molar-refractivity contribution is -0.135. The maximum absolute atomic E-state index is 12.3. The van der Waals surface area contributed by atoms with Gasteiger partial charge in [-0.15, -0.1) is 0 Å². The summed E-state index contributed by atoms with van der Waals surface area (Å²) in [4.78, 5) is 50.8. The zero-order valence-electron chi connectivity index (χ0n) is 13.9. The molecule has 0 aromatic heterocycles. The highest BCUT2D eigenvalue weighted by Crippen LogP contribution is 2.23. The van der Waals surface area contributed by atoms with E-state index >= 15 is 0 Å². The van der Waals surface area contributed by atoms with E-state index < -0.39 is 0 Å². The predicted octanol–water partition coefficient (Wildman–Crippen LogP) is 0.787. The van der Waals surface area contributed by atoms with Gasteiger partial charge < -0.3 is 10.6 Å². The van der Waals surface area contributed by atoms with Gasteiger partial charge in [-0.3, -0.25) is 24.1 Å². The Morgan fingerprint density at radius 3 is 2.12 bits per heavy atom. The predicted molar refractivity (Wildman–Crippen MR) is 89.5 cm³/mol. The summed E-state index contributed by atoms with van der Waals surface area (Å²) >= 11 is 0. The van der Waals surface area contributed by atoms with E-state index in [-0.39, 0.29) is 42.5 Å². The van der Waals surface area contributed by atoms with Crippen molar-refractivity contribution in [2.75, 3.05) is 19.6 Å². The first-order valence-electron chi connectivity index (χ1n) is 8.51. The molecule has 0 radical (unpaired) electrons. The quantitative estimate of drug-likeness (QED) is 0.799. The average Bonchev–Trinajstić information content (AvgIpc) is 2.87. The van der Waals surface area contributed by atoms with E-state index in [1.165, 1.54) is 4.90 Å². The second-order valence-electron chi connectivity index (χ2n) is 6.47. The van der Waals surface area contributed by atoms with Gasteiger partial charge in [0, 0.05) is 32.0 Å². The molecule has 0 atom stereocenters. The smallest absolute Gasteiger partial charge is 0.261 e. The number of likely N-dealkylation sites (tertiary alicyclic amines) is 1. The Hall–Kier alpha value is -2.70. The number of primary amides is 1. The molecule has 25 heavy (non-hydrogen) atoms. The van der Waals surface area contributed by atoms with Gasteiger partial charge in [0.2, 0.25) is 11.8 Å². The van der Waals surface area contributed by atoms with Crippen molar-refractivity contribution in [3.05, 3.63) is 35.4 Å². The molecule has 2 aliphatic heterocycles. The molecular formula is C18H21N3O4. The maximum Gasteiger partial charge on any atom is 0.261 e. The lowest BCUT2D eigenvalue weighted by Gasteiger charge is -2.30. The van der Waals surface area contributed by atoms with Crippen LogP contribution in [-0.4, -0.2) is 53.1 Å². The van der Waals surface area contributed by atoms with Crippen molar-refractivity contribution < 1.29 is 19.2 Å². The Morgan fingerprint density at radius 2 is 1.60 bits per heavy atom. The number of nitrogens with two attached hydrogens (primary N) is 1. The summed E-state index contributed by atoms with van der Waals surface area (Å²) < 4.78 is 0. The molecule has 7 nitrogen and oxygen atoms in total. The average molecular weight is 343 g/mol. The highest BCUT2D eigenvalue weighted by molar-refractivity contribution is 6.21. The summed E-state index contributed by atoms with van der Waals surface area (Å²) in [5.74, 6) is -1.06. The molecule has 2 heterocycles. The van der Waals surface area contributed by atoms with E-state index in [4.69, 9.17) is 5.73 Å². The molecule has 0 aliphatic carbocycles. The first-order valence-corrected chi connectivity index (χ1v) is 8.51. The molecular weight excluding hydrogens is 322 g/mol. The highest BCUT2D eigenvalue weighted by atomic mass is 16.2. The van der Waals surface area contributed by atoms with Gasteiger partial charge in [-0.05, 0) is 31.4 Å². The maximum atomic E-state index is 12.3. The molecule has 2 aliphatic rings. The van der Waals surface area contributed by atoms with Crippen LogP contribution in [0.2, 0.25) is 0 Å². The zero-order valence-corrected chi connectivity index (χ0v) is 13.9. The molecule has 0 unspecified atom stereocenters. The number of rotatable bonds is 5. The third-order valence-corrected chi connectivity index (χ3v) is 4.90. The summed E-state index contributed by atoms with van der Waals surface area (Å²) in [6.07, 6.45) is 1.90. The van der Waals surface area contributed by atoms with Crippen LogP contribution in [0.4, 0.5) is 0 Å². The lowest BCUT2D eigenvalue weighted by Crippen LogP contribution is -2.42. The molecule has 3 rings (SSSR count). The topological polar surface area (TPSA) is 101 Å². The number of amides is 4. The summed E-state index contributed by atoms with van der Waals surface area (Å²) in [5.41, 5.74) is 6.14. The normalized spacial score (nSPS) is 17.8. The first kappa shape index (κ1) is 17.1. The van der Waals surface area contributed by atoms with Crippen molar-refractivity contribution in [3.8, 4) is 0 Å². The highest BCUT2D eigenvalue weighted by Gasteiger charge is 2.34. The summed E-state index contributed by atoms with van der Waals surface area (Å²) in [6, 6.07) is 6.74. The minimum absolute atomic E-state index is 0.0143. The first-order chi connectivity index (χ1) is 12.0. The molecule has 132 valence electrons. The Labute approximate surface area is 145 Å². The molecule has 7 heteroatoms. The van der Waals surface area contributed by atoms with Crippen LogP contribution in [0.5, 0.6) is 0 Å². The van der Waals surface area contributed by atoms with Crippen molar-refractivity contribution in [1.82, 2.24) is 9.80 Å². The van der Waals surface area contributed by atoms with Gasteiger partial charge in [0.05, 0.1) is 11.1 Å². The number of benzene rings is 1. The van der Waals surface area contributed by atoms with Gasteiger partial charge >= 0.3 is 0 Å². The Morgan fingerprint density at radius 1 is 1.04 bits per heavy atom. The Bertz CT molecular complexity index is 688. The minimum Gasteiger partial charge on any atom is -0.369 e. The molecule has 1 aromatic rings. The van der Waals surface area contributed by atoms with E-state index in [1.54, 1.807) is 29.2 Å². The molecule has 1 fully saturated rings. The van der Waals surface area contributed by atoms with Gasteiger partial charge in [-0.25, -0.2) is 0 Å².